The van der Waals surface area contributed by atoms with Crippen LogP contribution in [-0.4, -0.2) is 5.97 Å². The molecule has 2 aromatic rings. The maximum atomic E-state index is 11.9. The summed E-state index contributed by atoms with van der Waals surface area (Å²) >= 11 is 0. The predicted octanol–water partition coefficient (Wildman–Crippen LogP) is 3.90. The Morgan fingerprint density at radius 3 is 1.89 bits per heavy atom. The van der Waals surface area contributed by atoms with Gasteiger partial charge in [0.2, 0.25) is 0 Å². The highest BCUT2D eigenvalue weighted by Crippen LogP contribution is 2.17. The fraction of sp³-hybridized carbons (Fsp3) is 0.0625. The van der Waals surface area contributed by atoms with E-state index < -0.39 is 0 Å². The van der Waals surface area contributed by atoms with Crippen LogP contribution >= 0.6 is 0 Å². The zero-order valence-electron chi connectivity index (χ0n) is 10.2. The van der Waals surface area contributed by atoms with Gasteiger partial charge < -0.3 is 4.74 Å². The van der Waals surface area contributed by atoms with Crippen molar-refractivity contribution in [3.63, 3.8) is 0 Å². The Bertz CT molecular complexity index is 542. The van der Waals surface area contributed by atoms with Gasteiger partial charge in [-0.15, -0.1) is 0 Å². The first-order valence-electron chi connectivity index (χ1n) is 5.80. The van der Waals surface area contributed by atoms with Gasteiger partial charge in [-0.25, -0.2) is 4.79 Å². The average molecular weight is 238 g/mol. The van der Waals surface area contributed by atoms with E-state index in [1.54, 1.807) is 18.2 Å². The largest absolute Gasteiger partial charge is 0.423 e. The van der Waals surface area contributed by atoms with Crippen molar-refractivity contribution in [1.29, 1.82) is 0 Å². The molecule has 0 N–H and O–H groups in total. The van der Waals surface area contributed by atoms with Crippen LogP contribution in [0.3, 0.4) is 0 Å². The van der Waals surface area contributed by atoms with Crippen LogP contribution in [0.25, 0.3) is 5.76 Å². The third-order valence-corrected chi connectivity index (χ3v) is 2.53. The minimum Gasteiger partial charge on any atom is -0.423 e. The second-order valence-corrected chi connectivity index (χ2v) is 3.77. The summed E-state index contributed by atoms with van der Waals surface area (Å²) in [5.74, 6) is 0.233. The van der Waals surface area contributed by atoms with E-state index in [9.17, 15) is 4.79 Å². The topological polar surface area (TPSA) is 26.3 Å². The van der Waals surface area contributed by atoms with E-state index >= 15 is 0 Å². The molecule has 0 aliphatic heterocycles. The molecule has 90 valence electrons. The number of hydrogen-bond donors (Lipinski definition) is 0. The van der Waals surface area contributed by atoms with Crippen LogP contribution in [0.5, 0.6) is 0 Å². The van der Waals surface area contributed by atoms with Crippen molar-refractivity contribution in [2.75, 3.05) is 0 Å². The van der Waals surface area contributed by atoms with Gasteiger partial charge in [0.1, 0.15) is 5.76 Å². The molecule has 0 atom stereocenters. The van der Waals surface area contributed by atoms with Crippen LogP contribution in [0, 0.1) is 0 Å². The zero-order chi connectivity index (χ0) is 12.8. The molecule has 0 fully saturated rings. The lowest BCUT2D eigenvalue weighted by Crippen LogP contribution is -2.04. The van der Waals surface area contributed by atoms with E-state index in [4.69, 9.17) is 4.74 Å². The van der Waals surface area contributed by atoms with Crippen LogP contribution in [0.1, 0.15) is 22.8 Å². The highest BCUT2D eigenvalue weighted by Gasteiger charge is 2.10. The second kappa shape index (κ2) is 5.82. The lowest BCUT2D eigenvalue weighted by atomic mass is 10.2. The molecule has 0 amide bonds. The fourth-order valence-corrected chi connectivity index (χ4v) is 1.62. The van der Waals surface area contributed by atoms with Gasteiger partial charge in [0.05, 0.1) is 5.56 Å². The highest BCUT2D eigenvalue weighted by atomic mass is 16.5. The molecule has 0 aliphatic carbocycles. The molecule has 0 saturated carbocycles. The van der Waals surface area contributed by atoms with E-state index in [0.717, 1.165) is 5.56 Å². The molecule has 0 saturated heterocycles. The predicted molar refractivity (Wildman–Crippen MR) is 72.0 cm³/mol. The number of ether oxygens (including phenoxy) is 1. The van der Waals surface area contributed by atoms with Gasteiger partial charge in [-0.2, -0.15) is 0 Å². The molecule has 2 nitrogen and oxygen atoms in total. The molecular weight excluding hydrogens is 224 g/mol. The van der Waals surface area contributed by atoms with E-state index in [1.807, 2.05) is 55.5 Å². The number of benzene rings is 2. The van der Waals surface area contributed by atoms with Crippen molar-refractivity contribution in [3.8, 4) is 0 Å². The second-order valence-electron chi connectivity index (χ2n) is 3.77. The standard InChI is InChI=1S/C16H14O2/c1-2-15(13-9-5-3-6-10-13)18-16(17)14-11-7-4-8-12-14/h2-12H,1H3. The molecule has 0 radical (unpaired) electrons. The normalized spacial score (nSPS) is 11.1. The molecule has 2 rings (SSSR count). The SMILES string of the molecule is CC=C(OC(=O)c1ccccc1)c1ccccc1. The van der Waals surface area contributed by atoms with Gasteiger partial charge >= 0.3 is 5.97 Å². The summed E-state index contributed by atoms with van der Waals surface area (Å²) in [6, 6.07) is 18.5. The molecule has 2 heteroatoms. The first-order chi connectivity index (χ1) is 8.81. The smallest absolute Gasteiger partial charge is 0.343 e. The number of carbonyl (C=O) groups excluding carboxylic acids is 1. The van der Waals surface area contributed by atoms with Gasteiger partial charge in [0.15, 0.2) is 0 Å². The van der Waals surface area contributed by atoms with Gasteiger partial charge in [-0.3, -0.25) is 0 Å². The maximum Gasteiger partial charge on any atom is 0.343 e. The van der Waals surface area contributed by atoms with Crippen LogP contribution in [-0.2, 0) is 4.74 Å². The summed E-state index contributed by atoms with van der Waals surface area (Å²) in [4.78, 5) is 11.9. The van der Waals surface area contributed by atoms with Crippen molar-refractivity contribution >= 4 is 11.7 Å². The van der Waals surface area contributed by atoms with Gasteiger partial charge in [0.25, 0.3) is 0 Å². The van der Waals surface area contributed by atoms with Crippen molar-refractivity contribution in [1.82, 2.24) is 0 Å². The summed E-state index contributed by atoms with van der Waals surface area (Å²) in [6.45, 7) is 1.85. The first kappa shape index (κ1) is 12.1. The Morgan fingerprint density at radius 2 is 1.39 bits per heavy atom. The highest BCUT2D eigenvalue weighted by molar-refractivity contribution is 5.92. The summed E-state index contributed by atoms with van der Waals surface area (Å²) < 4.78 is 5.39. The first-order valence-corrected chi connectivity index (χ1v) is 5.80. The van der Waals surface area contributed by atoms with Crippen molar-refractivity contribution in [3.05, 3.63) is 77.9 Å². The molecular formula is C16H14O2. The van der Waals surface area contributed by atoms with Crippen molar-refractivity contribution in [2.24, 2.45) is 0 Å². The van der Waals surface area contributed by atoms with Crippen LogP contribution in [0.2, 0.25) is 0 Å². The monoisotopic (exact) mass is 238 g/mol. The Kier molecular flexibility index (Phi) is 3.92. The third-order valence-electron chi connectivity index (χ3n) is 2.53. The zero-order valence-corrected chi connectivity index (χ0v) is 10.2. The Balaban J connectivity index is 2.16. The minimum absolute atomic E-state index is 0.340. The maximum absolute atomic E-state index is 11.9. The number of esters is 1. The Labute approximate surface area is 107 Å². The van der Waals surface area contributed by atoms with Gasteiger partial charge in [-0.05, 0) is 25.1 Å². The number of carbonyl (C=O) groups is 1. The number of hydrogen-bond acceptors (Lipinski definition) is 2. The van der Waals surface area contributed by atoms with Gasteiger partial charge in [0, 0.05) is 5.56 Å². The van der Waals surface area contributed by atoms with E-state index in [2.05, 4.69) is 0 Å². The third kappa shape index (κ3) is 2.86. The molecule has 0 heterocycles. The van der Waals surface area contributed by atoms with E-state index in [-0.39, 0.29) is 5.97 Å². The Morgan fingerprint density at radius 1 is 0.889 bits per heavy atom. The summed E-state index contributed by atoms with van der Waals surface area (Å²) in [6.07, 6.45) is 1.79. The van der Waals surface area contributed by atoms with Crippen LogP contribution < -0.4 is 0 Å². The van der Waals surface area contributed by atoms with Crippen LogP contribution in [0.4, 0.5) is 0 Å². The molecule has 18 heavy (non-hydrogen) atoms. The molecule has 2 aromatic carbocycles. The molecule has 0 unspecified atom stereocenters. The van der Waals surface area contributed by atoms with Crippen molar-refractivity contribution in [2.45, 2.75) is 6.92 Å². The van der Waals surface area contributed by atoms with E-state index in [1.165, 1.54) is 0 Å². The summed E-state index contributed by atoms with van der Waals surface area (Å²) in [5, 5.41) is 0. The fourth-order valence-electron chi connectivity index (χ4n) is 1.62. The van der Waals surface area contributed by atoms with Gasteiger partial charge in [-0.1, -0.05) is 48.5 Å². The molecule has 0 bridgehead atoms. The van der Waals surface area contributed by atoms with E-state index in [0.29, 0.717) is 11.3 Å². The molecule has 0 spiro atoms. The number of allylic oxidation sites excluding steroid dienone is 1. The average Bonchev–Trinajstić information content (AvgIpc) is 2.46. The quantitative estimate of drug-likeness (QED) is 0.598. The molecule has 0 aliphatic rings. The summed E-state index contributed by atoms with van der Waals surface area (Å²) in [7, 11) is 0. The Hall–Kier alpha value is -2.35. The number of rotatable bonds is 3. The summed E-state index contributed by atoms with van der Waals surface area (Å²) in [5.41, 5.74) is 1.44. The van der Waals surface area contributed by atoms with Crippen LogP contribution in [0.15, 0.2) is 66.7 Å². The van der Waals surface area contributed by atoms with Crippen molar-refractivity contribution < 1.29 is 9.53 Å². The lowest BCUT2D eigenvalue weighted by Gasteiger charge is -2.08. The lowest BCUT2D eigenvalue weighted by molar-refractivity contribution is 0.0692. The molecule has 0 aromatic heterocycles. The minimum atomic E-state index is -0.340.